The van der Waals surface area contributed by atoms with Crippen LogP contribution >= 0.6 is 0 Å². The summed E-state index contributed by atoms with van der Waals surface area (Å²) >= 11 is 0. The van der Waals surface area contributed by atoms with Gasteiger partial charge in [0.25, 0.3) is 0 Å². The summed E-state index contributed by atoms with van der Waals surface area (Å²) in [5, 5.41) is 13.3. The van der Waals surface area contributed by atoms with Crippen LogP contribution in [0.4, 0.5) is 0 Å². The summed E-state index contributed by atoms with van der Waals surface area (Å²) in [6.45, 7) is 2.27. The molecule has 1 heterocycles. The Morgan fingerprint density at radius 3 is 2.14 bits per heavy atom. The molecule has 0 aliphatic carbocycles. The lowest BCUT2D eigenvalue weighted by atomic mass is 9.89. The highest BCUT2D eigenvalue weighted by atomic mass is 15.0. The van der Waals surface area contributed by atoms with Gasteiger partial charge in [-0.1, -0.05) is 116 Å². The Kier molecular flexibility index (Phi) is 5.37. The van der Waals surface area contributed by atoms with Gasteiger partial charge in [0.05, 0.1) is 11.0 Å². The second-order valence-electron chi connectivity index (χ2n) is 11.9. The number of hydrogen-bond acceptors (Lipinski definition) is 0. The Bertz CT molecular complexity index is 2480. The number of nitrogens with zero attached hydrogens (tertiary/aromatic N) is 1. The van der Waals surface area contributed by atoms with Gasteiger partial charge in [0.2, 0.25) is 0 Å². The summed E-state index contributed by atoms with van der Waals surface area (Å²) in [6, 6.07) is 49.8. The van der Waals surface area contributed by atoms with Crippen molar-refractivity contribution < 1.29 is 0 Å². The normalized spacial score (nSPS) is 12.1. The minimum absolute atomic E-state index is 1.13. The highest BCUT2D eigenvalue weighted by Gasteiger charge is 2.22. The van der Waals surface area contributed by atoms with Gasteiger partial charge in [-0.05, 0) is 97.6 Å². The molecule has 9 aromatic rings. The third kappa shape index (κ3) is 3.52. The van der Waals surface area contributed by atoms with Crippen molar-refractivity contribution in [1.82, 2.24) is 4.57 Å². The van der Waals surface area contributed by atoms with Crippen molar-refractivity contribution in [2.75, 3.05) is 0 Å². The quantitative estimate of drug-likeness (QED) is 0.149. The molecule has 0 spiro atoms. The summed E-state index contributed by atoms with van der Waals surface area (Å²) in [4.78, 5) is 0. The number of para-hydroxylation sites is 1. The van der Waals surface area contributed by atoms with E-state index in [4.69, 9.17) is 0 Å². The zero-order valence-electron chi connectivity index (χ0n) is 24.3. The molecule has 0 atom stereocenters. The lowest BCUT2D eigenvalue weighted by Gasteiger charge is -2.14. The number of rotatable bonds is 5. The van der Waals surface area contributed by atoms with E-state index in [1.54, 1.807) is 0 Å². The summed E-state index contributed by atoms with van der Waals surface area (Å²) in [7, 11) is 0. The summed E-state index contributed by atoms with van der Waals surface area (Å²) in [6.07, 6.45) is 3.56. The van der Waals surface area contributed by atoms with Crippen LogP contribution in [0.3, 0.4) is 0 Å². The predicted molar refractivity (Wildman–Crippen MR) is 186 cm³/mol. The molecule has 8 aromatic carbocycles. The van der Waals surface area contributed by atoms with E-state index in [2.05, 4.69) is 145 Å². The number of unbranched alkanes of at least 4 members (excludes halogenated alkanes) is 1. The Morgan fingerprint density at radius 1 is 0.512 bits per heavy atom. The van der Waals surface area contributed by atoms with E-state index >= 15 is 0 Å². The topological polar surface area (TPSA) is 4.93 Å². The molecule has 0 N–H and O–H groups in total. The van der Waals surface area contributed by atoms with Crippen LogP contribution in [0.25, 0.3) is 81.7 Å². The van der Waals surface area contributed by atoms with Gasteiger partial charge in [0, 0.05) is 21.8 Å². The van der Waals surface area contributed by atoms with Gasteiger partial charge in [0.15, 0.2) is 0 Å². The molecular weight excluding hydrogens is 518 g/mol. The minimum atomic E-state index is 1.13. The molecule has 0 saturated carbocycles. The smallest absolute Gasteiger partial charge is 0.0625 e. The largest absolute Gasteiger partial charge is 0.309 e. The van der Waals surface area contributed by atoms with Crippen LogP contribution in [-0.2, 0) is 6.42 Å². The van der Waals surface area contributed by atoms with E-state index < -0.39 is 0 Å². The van der Waals surface area contributed by atoms with Gasteiger partial charge in [0.1, 0.15) is 0 Å². The first-order valence-corrected chi connectivity index (χ1v) is 15.5. The lowest BCUT2D eigenvalue weighted by Crippen LogP contribution is -1.93. The van der Waals surface area contributed by atoms with Crippen LogP contribution < -0.4 is 0 Å². The highest BCUT2D eigenvalue weighted by molar-refractivity contribution is 6.38. The molecule has 204 valence electrons. The summed E-state index contributed by atoms with van der Waals surface area (Å²) < 4.78 is 2.48. The minimum Gasteiger partial charge on any atom is -0.309 e. The number of benzene rings is 8. The van der Waals surface area contributed by atoms with Crippen molar-refractivity contribution in [2.45, 2.75) is 26.2 Å². The van der Waals surface area contributed by atoms with Gasteiger partial charge >= 0.3 is 0 Å². The van der Waals surface area contributed by atoms with Gasteiger partial charge in [-0.25, -0.2) is 0 Å². The highest BCUT2D eigenvalue weighted by Crippen LogP contribution is 2.47. The van der Waals surface area contributed by atoms with Gasteiger partial charge in [-0.2, -0.15) is 0 Å². The molecule has 0 aliphatic rings. The summed E-state index contributed by atoms with van der Waals surface area (Å²) in [5.41, 5.74) is 7.79. The van der Waals surface area contributed by atoms with Crippen molar-refractivity contribution in [2.24, 2.45) is 0 Å². The van der Waals surface area contributed by atoms with Crippen molar-refractivity contribution in [3.8, 4) is 16.8 Å². The maximum Gasteiger partial charge on any atom is 0.0625 e. The molecule has 0 amide bonds. The van der Waals surface area contributed by atoms with E-state index in [1.165, 1.54) is 100 Å². The Balaban J connectivity index is 1.40. The molecule has 1 heteroatoms. The SMILES string of the molecule is CCCCc1ccc(-c2ccc3c(c2)c2cccc4c2c2c3cc3ccccc3c2n4-c2ccccc2)c2ccccc12. The number of hydrogen-bond donors (Lipinski definition) is 0. The first kappa shape index (κ1) is 24.5. The molecule has 0 fully saturated rings. The predicted octanol–water partition coefficient (Wildman–Crippen LogP) is 11.8. The zero-order valence-corrected chi connectivity index (χ0v) is 24.3. The molecule has 1 aromatic heterocycles. The molecule has 0 radical (unpaired) electrons. The first-order chi connectivity index (χ1) is 21.3. The molecular formula is C42H31N. The number of aromatic nitrogens is 1. The van der Waals surface area contributed by atoms with E-state index in [1.807, 2.05) is 0 Å². The second kappa shape index (κ2) is 9.44. The van der Waals surface area contributed by atoms with Crippen LogP contribution in [0.15, 0.2) is 133 Å². The summed E-state index contributed by atoms with van der Waals surface area (Å²) in [5.74, 6) is 0. The maximum atomic E-state index is 2.48. The average molecular weight is 550 g/mol. The van der Waals surface area contributed by atoms with E-state index in [9.17, 15) is 0 Å². The fourth-order valence-corrected chi connectivity index (χ4v) is 7.57. The second-order valence-corrected chi connectivity index (χ2v) is 11.9. The van der Waals surface area contributed by atoms with Crippen LogP contribution in [0.2, 0.25) is 0 Å². The Morgan fingerprint density at radius 2 is 1.28 bits per heavy atom. The van der Waals surface area contributed by atoms with E-state index in [0.717, 1.165) is 6.42 Å². The molecule has 0 unspecified atom stereocenters. The molecule has 9 rings (SSSR count). The lowest BCUT2D eigenvalue weighted by molar-refractivity contribution is 0.799. The monoisotopic (exact) mass is 549 g/mol. The zero-order chi connectivity index (χ0) is 28.5. The van der Waals surface area contributed by atoms with Crippen molar-refractivity contribution in [3.05, 3.63) is 139 Å². The third-order valence-corrected chi connectivity index (χ3v) is 9.52. The molecule has 0 aliphatic heterocycles. The van der Waals surface area contributed by atoms with Gasteiger partial charge in [-0.15, -0.1) is 0 Å². The van der Waals surface area contributed by atoms with E-state index in [0.29, 0.717) is 0 Å². The molecule has 0 saturated heterocycles. The Labute approximate surface area is 250 Å². The average Bonchev–Trinajstić information content (AvgIpc) is 3.43. The van der Waals surface area contributed by atoms with Crippen LogP contribution in [0, 0.1) is 0 Å². The number of fused-ring (bicyclic) bond motifs is 6. The fourth-order valence-electron chi connectivity index (χ4n) is 7.57. The molecule has 43 heavy (non-hydrogen) atoms. The van der Waals surface area contributed by atoms with Crippen LogP contribution in [0.5, 0.6) is 0 Å². The third-order valence-electron chi connectivity index (χ3n) is 9.52. The van der Waals surface area contributed by atoms with Crippen LogP contribution in [0.1, 0.15) is 25.3 Å². The van der Waals surface area contributed by atoms with Crippen LogP contribution in [-0.4, -0.2) is 4.57 Å². The Hall–Kier alpha value is -5.14. The van der Waals surface area contributed by atoms with E-state index in [-0.39, 0.29) is 0 Å². The molecule has 1 nitrogen and oxygen atoms in total. The maximum absolute atomic E-state index is 2.48. The fraction of sp³-hybridized carbons (Fsp3) is 0.0952. The first-order valence-electron chi connectivity index (χ1n) is 15.5. The van der Waals surface area contributed by atoms with Gasteiger partial charge < -0.3 is 4.57 Å². The van der Waals surface area contributed by atoms with Crippen molar-refractivity contribution in [1.29, 1.82) is 0 Å². The standard InChI is InChI=1S/C42H31N/c1-2-3-12-27-21-23-32(34-18-10-9-16-31(27)34)29-22-24-35-37(25-29)36-19-11-20-39-40(36)41-38(35)26-28-13-7-8-17-33(28)42(41)43(39)30-14-5-4-6-15-30/h4-11,13-26H,2-3,12H2,1H3. The van der Waals surface area contributed by atoms with Crippen molar-refractivity contribution >= 4 is 64.9 Å². The number of aryl methyl sites for hydroxylation is 1. The van der Waals surface area contributed by atoms with Crippen molar-refractivity contribution in [3.63, 3.8) is 0 Å². The molecule has 0 bridgehead atoms. The van der Waals surface area contributed by atoms with Gasteiger partial charge in [-0.3, -0.25) is 0 Å².